The maximum atomic E-state index is 5.36. The van der Waals surface area contributed by atoms with E-state index in [9.17, 15) is 0 Å². The highest BCUT2D eigenvalue weighted by Crippen LogP contribution is 2.29. The summed E-state index contributed by atoms with van der Waals surface area (Å²) in [5.74, 6) is 3.16. The summed E-state index contributed by atoms with van der Waals surface area (Å²) in [6.45, 7) is 6.03. The number of anilines is 1. The van der Waals surface area contributed by atoms with Gasteiger partial charge < -0.3 is 13.9 Å². The molecule has 0 saturated heterocycles. The molecule has 0 N–H and O–H groups in total. The molecule has 0 unspecified atom stereocenters. The van der Waals surface area contributed by atoms with Crippen LogP contribution in [0.15, 0.2) is 27.1 Å². The van der Waals surface area contributed by atoms with Crippen molar-refractivity contribution in [1.29, 1.82) is 0 Å². The Hall–Kier alpha value is -2.42. The molecule has 9 heteroatoms. The standard InChI is InChI=1S/C16H21N7OS/c1-9(2)12-17-14(22(4)5)19-15(18-12)25-16-21-20-13(23(16)6)11-7-8-24-10(11)3/h7-9H,1-6H3. The third kappa shape index (κ3) is 3.51. The molecule has 3 heterocycles. The minimum absolute atomic E-state index is 0.213. The number of aromatic nitrogens is 6. The van der Waals surface area contributed by atoms with Gasteiger partial charge in [0.05, 0.1) is 11.8 Å². The zero-order chi connectivity index (χ0) is 18.1. The van der Waals surface area contributed by atoms with E-state index in [1.165, 1.54) is 11.8 Å². The minimum atomic E-state index is 0.213. The van der Waals surface area contributed by atoms with Crippen molar-refractivity contribution in [3.63, 3.8) is 0 Å². The Morgan fingerprint density at radius 2 is 1.92 bits per heavy atom. The summed E-state index contributed by atoms with van der Waals surface area (Å²) < 4.78 is 7.27. The molecule has 0 aliphatic rings. The van der Waals surface area contributed by atoms with Gasteiger partial charge in [0.15, 0.2) is 11.0 Å². The fraction of sp³-hybridized carbons (Fsp3) is 0.438. The van der Waals surface area contributed by atoms with E-state index in [4.69, 9.17) is 4.42 Å². The molecule has 0 fully saturated rings. The predicted molar refractivity (Wildman–Crippen MR) is 95.8 cm³/mol. The van der Waals surface area contributed by atoms with E-state index in [1.54, 1.807) is 6.26 Å². The van der Waals surface area contributed by atoms with Crippen LogP contribution in [0.1, 0.15) is 31.4 Å². The van der Waals surface area contributed by atoms with Crippen LogP contribution < -0.4 is 4.90 Å². The van der Waals surface area contributed by atoms with Crippen molar-refractivity contribution in [2.24, 2.45) is 7.05 Å². The minimum Gasteiger partial charge on any atom is -0.469 e. The summed E-state index contributed by atoms with van der Waals surface area (Å²) in [4.78, 5) is 15.4. The third-order valence-corrected chi connectivity index (χ3v) is 4.56. The number of rotatable bonds is 5. The monoisotopic (exact) mass is 359 g/mol. The highest BCUT2D eigenvalue weighted by molar-refractivity contribution is 7.99. The van der Waals surface area contributed by atoms with Gasteiger partial charge in [-0.3, -0.25) is 0 Å². The molecule has 25 heavy (non-hydrogen) atoms. The number of hydrogen-bond acceptors (Lipinski definition) is 8. The number of hydrogen-bond donors (Lipinski definition) is 0. The summed E-state index contributed by atoms with van der Waals surface area (Å²) in [7, 11) is 5.74. The lowest BCUT2D eigenvalue weighted by Gasteiger charge is -2.13. The van der Waals surface area contributed by atoms with Crippen LogP contribution in [0.3, 0.4) is 0 Å². The maximum Gasteiger partial charge on any atom is 0.229 e. The summed E-state index contributed by atoms with van der Waals surface area (Å²) in [5, 5.41) is 9.87. The molecule has 0 spiro atoms. The molecular weight excluding hydrogens is 338 g/mol. The van der Waals surface area contributed by atoms with Crippen LogP contribution in [0.4, 0.5) is 5.95 Å². The van der Waals surface area contributed by atoms with Crippen LogP contribution >= 0.6 is 11.8 Å². The highest BCUT2D eigenvalue weighted by Gasteiger charge is 2.18. The number of furan rings is 1. The molecule has 3 aromatic rings. The van der Waals surface area contributed by atoms with Crippen LogP contribution in [-0.2, 0) is 7.05 Å². The fourth-order valence-corrected chi connectivity index (χ4v) is 2.94. The Morgan fingerprint density at radius 1 is 1.16 bits per heavy atom. The van der Waals surface area contributed by atoms with Crippen molar-refractivity contribution in [3.05, 3.63) is 23.9 Å². The molecule has 0 saturated carbocycles. The summed E-state index contributed by atoms with van der Waals surface area (Å²) in [5.41, 5.74) is 0.925. The first-order chi connectivity index (χ1) is 11.9. The van der Waals surface area contributed by atoms with Gasteiger partial charge in [0.2, 0.25) is 11.1 Å². The van der Waals surface area contributed by atoms with Crippen molar-refractivity contribution in [3.8, 4) is 11.4 Å². The summed E-state index contributed by atoms with van der Waals surface area (Å²) in [6.07, 6.45) is 1.65. The zero-order valence-electron chi connectivity index (χ0n) is 15.2. The molecular formula is C16H21N7OS. The maximum absolute atomic E-state index is 5.36. The van der Waals surface area contributed by atoms with E-state index in [1.807, 2.05) is 43.6 Å². The van der Waals surface area contributed by atoms with Gasteiger partial charge in [0.25, 0.3) is 0 Å². The summed E-state index contributed by atoms with van der Waals surface area (Å²) >= 11 is 1.37. The smallest absolute Gasteiger partial charge is 0.229 e. The Labute approximate surface area is 150 Å². The highest BCUT2D eigenvalue weighted by atomic mass is 32.2. The van der Waals surface area contributed by atoms with Crippen LogP contribution in [0.2, 0.25) is 0 Å². The van der Waals surface area contributed by atoms with Gasteiger partial charge in [0, 0.05) is 27.1 Å². The van der Waals surface area contributed by atoms with Crippen LogP contribution in [0, 0.1) is 6.92 Å². The molecule has 0 bridgehead atoms. The van der Waals surface area contributed by atoms with Gasteiger partial charge in [-0.15, -0.1) is 10.2 Å². The lowest BCUT2D eigenvalue weighted by molar-refractivity contribution is 0.534. The quantitative estimate of drug-likeness (QED) is 0.687. The van der Waals surface area contributed by atoms with Gasteiger partial charge in [0.1, 0.15) is 11.6 Å². The largest absolute Gasteiger partial charge is 0.469 e. The van der Waals surface area contributed by atoms with E-state index >= 15 is 0 Å². The SMILES string of the molecule is Cc1occc1-c1nnc(Sc2nc(C(C)C)nc(N(C)C)n2)n1C. The van der Waals surface area contributed by atoms with Crippen LogP contribution in [0.5, 0.6) is 0 Å². The second-order valence-corrected chi connectivity index (χ2v) is 7.12. The predicted octanol–water partition coefficient (Wildman–Crippen LogP) is 2.91. The summed E-state index contributed by atoms with van der Waals surface area (Å²) in [6, 6.07) is 1.89. The average molecular weight is 359 g/mol. The van der Waals surface area contributed by atoms with E-state index in [0.717, 1.165) is 23.0 Å². The van der Waals surface area contributed by atoms with Gasteiger partial charge in [-0.05, 0) is 24.8 Å². The first-order valence-corrected chi connectivity index (χ1v) is 8.73. The topological polar surface area (TPSA) is 85.8 Å². The number of aryl methyl sites for hydroxylation is 1. The van der Waals surface area contributed by atoms with E-state index in [0.29, 0.717) is 16.3 Å². The Bertz CT molecular complexity index is 858. The molecule has 0 aromatic carbocycles. The molecule has 3 rings (SSSR count). The average Bonchev–Trinajstić information content (AvgIpc) is 3.13. The molecule has 0 atom stereocenters. The number of nitrogens with zero attached hydrogens (tertiary/aromatic N) is 7. The second-order valence-electron chi connectivity index (χ2n) is 6.18. The lowest BCUT2D eigenvalue weighted by Crippen LogP contribution is -2.15. The molecule has 132 valence electrons. The van der Waals surface area contributed by atoms with Crippen molar-refractivity contribution < 1.29 is 4.42 Å². The van der Waals surface area contributed by atoms with Crippen LogP contribution in [-0.4, -0.2) is 43.8 Å². The van der Waals surface area contributed by atoms with E-state index in [2.05, 4.69) is 39.0 Å². The van der Waals surface area contributed by atoms with Gasteiger partial charge in [-0.2, -0.15) is 9.97 Å². The van der Waals surface area contributed by atoms with Crippen molar-refractivity contribution in [2.45, 2.75) is 37.0 Å². The first-order valence-electron chi connectivity index (χ1n) is 7.91. The van der Waals surface area contributed by atoms with Gasteiger partial charge in [-0.1, -0.05) is 13.8 Å². The van der Waals surface area contributed by atoms with Crippen molar-refractivity contribution >= 4 is 17.7 Å². The van der Waals surface area contributed by atoms with E-state index in [-0.39, 0.29) is 5.92 Å². The zero-order valence-corrected chi connectivity index (χ0v) is 16.0. The third-order valence-electron chi connectivity index (χ3n) is 3.65. The Kier molecular flexibility index (Phi) is 4.76. The second kappa shape index (κ2) is 6.83. The molecule has 3 aromatic heterocycles. The molecule has 0 radical (unpaired) electrons. The van der Waals surface area contributed by atoms with Gasteiger partial charge >= 0.3 is 0 Å². The Balaban J connectivity index is 1.95. The van der Waals surface area contributed by atoms with Crippen LogP contribution in [0.25, 0.3) is 11.4 Å². The first kappa shape index (κ1) is 17.4. The molecule has 0 aliphatic heterocycles. The molecule has 0 amide bonds. The van der Waals surface area contributed by atoms with Crippen molar-refractivity contribution in [1.82, 2.24) is 29.7 Å². The van der Waals surface area contributed by atoms with Gasteiger partial charge in [-0.25, -0.2) is 4.98 Å². The van der Waals surface area contributed by atoms with E-state index < -0.39 is 0 Å². The Morgan fingerprint density at radius 3 is 2.52 bits per heavy atom. The fourth-order valence-electron chi connectivity index (χ4n) is 2.20. The molecule has 8 nitrogen and oxygen atoms in total. The van der Waals surface area contributed by atoms with Crippen molar-refractivity contribution in [2.75, 3.05) is 19.0 Å². The lowest BCUT2D eigenvalue weighted by atomic mass is 10.2. The molecule has 0 aliphatic carbocycles. The normalized spacial score (nSPS) is 11.3.